The third-order valence-electron chi connectivity index (χ3n) is 3.82. The molecule has 4 rings (SSSR count). The number of hydrogen-bond acceptors (Lipinski definition) is 2. The van der Waals surface area contributed by atoms with E-state index in [0.29, 0.717) is 0 Å². The van der Waals surface area contributed by atoms with E-state index in [1.165, 1.54) is 31.0 Å². The van der Waals surface area contributed by atoms with Crippen LogP contribution in [0.15, 0.2) is 89.8 Å². The van der Waals surface area contributed by atoms with Crippen molar-refractivity contribution < 1.29 is 0 Å². The van der Waals surface area contributed by atoms with Crippen LogP contribution in [-0.2, 0) is 5.75 Å². The fraction of sp³-hybridized carbons (Fsp3) is 0.0476. The van der Waals surface area contributed by atoms with Crippen LogP contribution in [0.2, 0.25) is 0 Å². The molecule has 4 aromatic rings. The Labute approximate surface area is 144 Å². The average Bonchev–Trinajstić information content (AvgIpc) is 3.05. The van der Waals surface area contributed by atoms with Crippen LogP contribution >= 0.6 is 23.1 Å². The van der Waals surface area contributed by atoms with E-state index in [1.807, 2.05) is 23.1 Å². The number of benzene rings is 3. The molecule has 23 heavy (non-hydrogen) atoms. The smallest absolute Gasteiger partial charge is 0.0366 e. The van der Waals surface area contributed by atoms with Crippen molar-refractivity contribution in [2.45, 2.75) is 10.6 Å². The third kappa shape index (κ3) is 3.19. The van der Waals surface area contributed by atoms with Crippen LogP contribution in [0, 0.1) is 0 Å². The minimum atomic E-state index is 1.00. The first-order chi connectivity index (χ1) is 11.4. The molecule has 0 aliphatic heterocycles. The van der Waals surface area contributed by atoms with Crippen molar-refractivity contribution in [3.8, 4) is 10.4 Å². The number of thioether (sulfide) groups is 1. The topological polar surface area (TPSA) is 0 Å². The van der Waals surface area contributed by atoms with Crippen LogP contribution in [0.3, 0.4) is 0 Å². The van der Waals surface area contributed by atoms with Gasteiger partial charge < -0.3 is 0 Å². The molecule has 0 fully saturated rings. The highest BCUT2D eigenvalue weighted by molar-refractivity contribution is 7.98. The lowest BCUT2D eigenvalue weighted by Crippen LogP contribution is -1.82. The Morgan fingerprint density at radius 1 is 0.739 bits per heavy atom. The first-order valence-corrected chi connectivity index (χ1v) is 9.45. The van der Waals surface area contributed by atoms with Gasteiger partial charge in [0, 0.05) is 25.8 Å². The normalized spacial score (nSPS) is 11.0. The van der Waals surface area contributed by atoms with E-state index in [1.54, 1.807) is 0 Å². The highest BCUT2D eigenvalue weighted by Gasteiger charge is 2.09. The number of thiophene rings is 1. The highest BCUT2D eigenvalue weighted by Crippen LogP contribution is 2.39. The van der Waals surface area contributed by atoms with Gasteiger partial charge in [-0.15, -0.1) is 23.1 Å². The molecule has 0 atom stereocenters. The molecule has 0 aliphatic carbocycles. The molecular weight excluding hydrogens is 316 g/mol. The maximum atomic E-state index is 2.31. The second-order valence-electron chi connectivity index (χ2n) is 5.42. The quantitative estimate of drug-likeness (QED) is 0.368. The number of hydrogen-bond donors (Lipinski definition) is 0. The lowest BCUT2D eigenvalue weighted by atomic mass is 10.1. The Morgan fingerprint density at radius 3 is 2.35 bits per heavy atom. The summed E-state index contributed by atoms with van der Waals surface area (Å²) >= 11 is 3.78. The lowest BCUT2D eigenvalue weighted by Gasteiger charge is -2.07. The Kier molecular flexibility index (Phi) is 4.18. The SMILES string of the molecule is c1ccc(CSc2ccccc2-c2cc3ccccc3s2)cc1. The summed E-state index contributed by atoms with van der Waals surface area (Å²) in [6.45, 7) is 0. The summed E-state index contributed by atoms with van der Waals surface area (Å²) in [5.74, 6) is 1.00. The molecule has 0 spiro atoms. The summed E-state index contributed by atoms with van der Waals surface area (Å²) in [5.41, 5.74) is 2.71. The zero-order valence-electron chi connectivity index (χ0n) is 12.6. The van der Waals surface area contributed by atoms with Gasteiger partial charge in [0.2, 0.25) is 0 Å². The van der Waals surface area contributed by atoms with Crippen molar-refractivity contribution in [2.24, 2.45) is 0 Å². The molecule has 0 saturated carbocycles. The maximum Gasteiger partial charge on any atom is 0.0366 e. The van der Waals surface area contributed by atoms with E-state index in [-0.39, 0.29) is 0 Å². The zero-order chi connectivity index (χ0) is 15.5. The molecule has 0 radical (unpaired) electrons. The molecule has 1 aromatic heterocycles. The van der Waals surface area contributed by atoms with Crippen molar-refractivity contribution in [3.63, 3.8) is 0 Å². The summed E-state index contributed by atoms with van der Waals surface area (Å²) in [4.78, 5) is 2.70. The van der Waals surface area contributed by atoms with Crippen LogP contribution in [0.5, 0.6) is 0 Å². The molecule has 1 heterocycles. The first kappa shape index (κ1) is 14.6. The summed E-state index contributed by atoms with van der Waals surface area (Å²) in [6.07, 6.45) is 0. The third-order valence-corrected chi connectivity index (χ3v) is 6.11. The molecule has 0 N–H and O–H groups in total. The fourth-order valence-electron chi connectivity index (χ4n) is 2.65. The maximum absolute atomic E-state index is 2.31. The van der Waals surface area contributed by atoms with Crippen LogP contribution in [0.25, 0.3) is 20.5 Å². The molecule has 0 nitrogen and oxygen atoms in total. The second kappa shape index (κ2) is 6.61. The summed E-state index contributed by atoms with van der Waals surface area (Å²) in [7, 11) is 0. The summed E-state index contributed by atoms with van der Waals surface area (Å²) in [6, 6.07) is 30.3. The van der Waals surface area contributed by atoms with Gasteiger partial charge >= 0.3 is 0 Å². The minimum Gasteiger partial charge on any atom is -0.135 e. The van der Waals surface area contributed by atoms with Crippen LogP contribution < -0.4 is 0 Å². The Hall–Kier alpha value is -2.03. The Balaban J connectivity index is 1.66. The molecule has 2 heteroatoms. The van der Waals surface area contributed by atoms with Gasteiger partial charge in [0.1, 0.15) is 0 Å². The number of rotatable bonds is 4. The van der Waals surface area contributed by atoms with Gasteiger partial charge in [-0.25, -0.2) is 0 Å². The number of fused-ring (bicyclic) bond motifs is 1. The van der Waals surface area contributed by atoms with Crippen LogP contribution in [0.4, 0.5) is 0 Å². The highest BCUT2D eigenvalue weighted by atomic mass is 32.2. The predicted molar refractivity (Wildman–Crippen MR) is 103 cm³/mol. The van der Waals surface area contributed by atoms with Gasteiger partial charge in [-0.1, -0.05) is 66.7 Å². The van der Waals surface area contributed by atoms with Gasteiger partial charge in [0.15, 0.2) is 0 Å². The van der Waals surface area contributed by atoms with Crippen molar-refractivity contribution in [2.75, 3.05) is 0 Å². The van der Waals surface area contributed by atoms with Crippen LogP contribution in [-0.4, -0.2) is 0 Å². The zero-order valence-corrected chi connectivity index (χ0v) is 14.2. The van der Waals surface area contributed by atoms with Gasteiger partial charge in [-0.3, -0.25) is 0 Å². The predicted octanol–water partition coefficient (Wildman–Crippen LogP) is 6.86. The van der Waals surface area contributed by atoms with E-state index in [4.69, 9.17) is 0 Å². The van der Waals surface area contributed by atoms with Crippen molar-refractivity contribution in [1.29, 1.82) is 0 Å². The molecule has 0 unspecified atom stereocenters. The van der Waals surface area contributed by atoms with Crippen molar-refractivity contribution in [3.05, 3.63) is 90.5 Å². The molecule has 0 saturated heterocycles. The lowest BCUT2D eigenvalue weighted by molar-refractivity contribution is 1.38. The fourth-order valence-corrected chi connectivity index (χ4v) is 4.84. The van der Waals surface area contributed by atoms with Gasteiger partial charge in [0.05, 0.1) is 0 Å². The van der Waals surface area contributed by atoms with E-state index >= 15 is 0 Å². The van der Waals surface area contributed by atoms with Gasteiger partial charge in [-0.2, -0.15) is 0 Å². The summed E-state index contributed by atoms with van der Waals surface area (Å²) < 4.78 is 1.35. The molecule has 0 aliphatic rings. The monoisotopic (exact) mass is 332 g/mol. The van der Waals surface area contributed by atoms with Crippen molar-refractivity contribution >= 4 is 33.2 Å². The summed E-state index contributed by atoms with van der Waals surface area (Å²) in [5, 5.41) is 1.33. The second-order valence-corrected chi connectivity index (χ2v) is 7.52. The van der Waals surface area contributed by atoms with E-state index in [2.05, 4.69) is 84.9 Å². The van der Waals surface area contributed by atoms with E-state index in [9.17, 15) is 0 Å². The molecule has 0 bridgehead atoms. The van der Waals surface area contributed by atoms with E-state index in [0.717, 1.165) is 5.75 Å². The minimum absolute atomic E-state index is 1.00. The van der Waals surface area contributed by atoms with Gasteiger partial charge in [0.25, 0.3) is 0 Å². The first-order valence-electron chi connectivity index (χ1n) is 7.65. The largest absolute Gasteiger partial charge is 0.135 e. The molecule has 3 aromatic carbocycles. The van der Waals surface area contributed by atoms with Crippen molar-refractivity contribution in [1.82, 2.24) is 0 Å². The van der Waals surface area contributed by atoms with Crippen LogP contribution in [0.1, 0.15) is 5.56 Å². The standard InChI is InChI=1S/C21H16S2/c1-2-8-16(9-3-1)15-22-20-13-7-5-11-18(20)21-14-17-10-4-6-12-19(17)23-21/h1-14H,15H2. The Morgan fingerprint density at radius 2 is 1.48 bits per heavy atom. The Bertz CT molecular complexity index is 890. The molecule has 112 valence electrons. The molecule has 0 amide bonds. The average molecular weight is 332 g/mol. The molecular formula is C21H16S2. The van der Waals surface area contributed by atoms with E-state index < -0.39 is 0 Å². The van der Waals surface area contributed by atoms with Gasteiger partial charge in [-0.05, 0) is 29.1 Å².